The Bertz CT molecular complexity index is 383. The number of benzene rings is 1. The normalized spacial score (nSPS) is 11.1. The monoisotopic (exact) mass is 362 g/mol. The summed E-state index contributed by atoms with van der Waals surface area (Å²) in [7, 11) is 0. The van der Waals surface area contributed by atoms with Gasteiger partial charge >= 0.3 is 0 Å². The summed E-state index contributed by atoms with van der Waals surface area (Å²) in [5.41, 5.74) is 6.88. The van der Waals surface area contributed by atoms with Gasteiger partial charge in [0.1, 0.15) is 0 Å². The fourth-order valence-electron chi connectivity index (χ4n) is 3.02. The quantitative estimate of drug-likeness (QED) is 0.286. The largest absolute Gasteiger partial charge is 0.330 e. The van der Waals surface area contributed by atoms with E-state index in [0.717, 1.165) is 52.1 Å². The molecule has 26 heavy (non-hydrogen) atoms. The highest BCUT2D eigenvalue weighted by Gasteiger charge is 1.94. The number of nitrogens with two attached hydrogens (primary N) is 1. The molecular formula is C22H42N4. The molecule has 4 nitrogen and oxygen atoms in total. The Morgan fingerprint density at radius 3 is 1.65 bits per heavy atom. The number of nitrogens with one attached hydrogen (secondary N) is 3. The molecule has 0 aliphatic carbocycles. The Labute approximate surface area is 161 Å². The number of unbranched alkanes of at least 4 members (excludes halogenated alkanes) is 5. The summed E-state index contributed by atoms with van der Waals surface area (Å²) in [6.07, 6.45) is 11.5. The molecule has 1 aromatic rings. The lowest BCUT2D eigenvalue weighted by Crippen LogP contribution is -2.24. The fourth-order valence-corrected chi connectivity index (χ4v) is 3.02. The maximum atomic E-state index is 5.47. The molecule has 0 saturated carbocycles. The van der Waals surface area contributed by atoms with Crippen molar-refractivity contribution in [3.05, 3.63) is 35.9 Å². The smallest absolute Gasteiger partial charge is 0.000834 e. The van der Waals surface area contributed by atoms with Crippen LogP contribution in [0.4, 0.5) is 0 Å². The van der Waals surface area contributed by atoms with E-state index in [1.165, 1.54) is 57.1 Å². The molecule has 0 saturated heterocycles. The summed E-state index contributed by atoms with van der Waals surface area (Å²) in [6.45, 7) is 7.51. The zero-order valence-corrected chi connectivity index (χ0v) is 16.8. The SMILES string of the molecule is NCCCNCCCCCCCCNCCCNCCc1ccccc1. The van der Waals surface area contributed by atoms with E-state index in [1.54, 1.807) is 0 Å². The van der Waals surface area contributed by atoms with Crippen LogP contribution in [-0.4, -0.2) is 45.8 Å². The Morgan fingerprint density at radius 1 is 0.538 bits per heavy atom. The lowest BCUT2D eigenvalue weighted by atomic mass is 10.1. The van der Waals surface area contributed by atoms with Crippen molar-refractivity contribution >= 4 is 0 Å². The lowest BCUT2D eigenvalue weighted by Gasteiger charge is -2.07. The highest BCUT2D eigenvalue weighted by molar-refractivity contribution is 5.14. The fraction of sp³-hybridized carbons (Fsp3) is 0.727. The van der Waals surface area contributed by atoms with Crippen LogP contribution < -0.4 is 21.7 Å². The molecule has 0 amide bonds. The van der Waals surface area contributed by atoms with Crippen LogP contribution in [0.3, 0.4) is 0 Å². The van der Waals surface area contributed by atoms with Crippen LogP contribution in [0, 0.1) is 0 Å². The lowest BCUT2D eigenvalue weighted by molar-refractivity contribution is 0.539. The molecular weight excluding hydrogens is 320 g/mol. The Kier molecular flexibility index (Phi) is 16.7. The van der Waals surface area contributed by atoms with Crippen LogP contribution in [0.1, 0.15) is 56.9 Å². The van der Waals surface area contributed by atoms with Gasteiger partial charge in [-0.15, -0.1) is 0 Å². The van der Waals surface area contributed by atoms with E-state index in [4.69, 9.17) is 5.73 Å². The first kappa shape index (κ1) is 23.1. The predicted molar refractivity (Wildman–Crippen MR) is 115 cm³/mol. The average Bonchev–Trinajstić information content (AvgIpc) is 2.68. The van der Waals surface area contributed by atoms with Gasteiger partial charge in [-0.2, -0.15) is 0 Å². The maximum Gasteiger partial charge on any atom is -0.000834 e. The first-order valence-electron chi connectivity index (χ1n) is 10.8. The van der Waals surface area contributed by atoms with E-state index in [2.05, 4.69) is 46.3 Å². The zero-order chi connectivity index (χ0) is 18.5. The third-order valence-corrected chi connectivity index (χ3v) is 4.66. The molecule has 0 atom stereocenters. The van der Waals surface area contributed by atoms with Gasteiger partial charge in [0.2, 0.25) is 0 Å². The van der Waals surface area contributed by atoms with Crippen molar-refractivity contribution in [2.45, 2.75) is 57.8 Å². The molecule has 0 unspecified atom stereocenters. The van der Waals surface area contributed by atoms with Crippen LogP contribution in [-0.2, 0) is 6.42 Å². The average molecular weight is 363 g/mol. The Hall–Kier alpha value is -0.940. The second kappa shape index (κ2) is 18.8. The first-order chi connectivity index (χ1) is 12.9. The van der Waals surface area contributed by atoms with E-state index in [9.17, 15) is 0 Å². The number of hydrogen-bond acceptors (Lipinski definition) is 4. The minimum absolute atomic E-state index is 0.797. The summed E-state index contributed by atoms with van der Waals surface area (Å²) in [5.74, 6) is 0. The van der Waals surface area contributed by atoms with Crippen LogP contribution in [0.25, 0.3) is 0 Å². The minimum atomic E-state index is 0.797. The first-order valence-corrected chi connectivity index (χ1v) is 10.8. The molecule has 0 bridgehead atoms. The summed E-state index contributed by atoms with van der Waals surface area (Å²) < 4.78 is 0. The molecule has 0 radical (unpaired) electrons. The van der Waals surface area contributed by atoms with E-state index in [-0.39, 0.29) is 0 Å². The molecule has 0 heterocycles. The van der Waals surface area contributed by atoms with Gasteiger partial charge in [0.05, 0.1) is 0 Å². The number of hydrogen-bond donors (Lipinski definition) is 4. The summed E-state index contributed by atoms with van der Waals surface area (Å²) in [5, 5.41) is 10.5. The van der Waals surface area contributed by atoms with Crippen molar-refractivity contribution < 1.29 is 0 Å². The molecule has 0 fully saturated rings. The van der Waals surface area contributed by atoms with E-state index >= 15 is 0 Å². The summed E-state index contributed by atoms with van der Waals surface area (Å²) in [6, 6.07) is 10.7. The number of rotatable bonds is 19. The molecule has 5 N–H and O–H groups in total. The van der Waals surface area contributed by atoms with Crippen molar-refractivity contribution in [2.24, 2.45) is 5.73 Å². The van der Waals surface area contributed by atoms with Crippen molar-refractivity contribution in [1.29, 1.82) is 0 Å². The van der Waals surface area contributed by atoms with Crippen molar-refractivity contribution in [3.8, 4) is 0 Å². The van der Waals surface area contributed by atoms with Gasteiger partial charge in [0, 0.05) is 0 Å². The third-order valence-electron chi connectivity index (χ3n) is 4.66. The minimum Gasteiger partial charge on any atom is -0.330 e. The highest BCUT2D eigenvalue weighted by Crippen LogP contribution is 2.04. The van der Waals surface area contributed by atoms with Crippen LogP contribution in [0.2, 0.25) is 0 Å². The molecule has 150 valence electrons. The molecule has 1 rings (SSSR count). The molecule has 4 heteroatoms. The zero-order valence-electron chi connectivity index (χ0n) is 16.8. The second-order valence-corrected chi connectivity index (χ2v) is 7.10. The van der Waals surface area contributed by atoms with Crippen molar-refractivity contribution in [2.75, 3.05) is 45.8 Å². The molecule has 0 aliphatic rings. The van der Waals surface area contributed by atoms with Gasteiger partial charge in [0.25, 0.3) is 0 Å². The van der Waals surface area contributed by atoms with E-state index in [0.29, 0.717) is 0 Å². The van der Waals surface area contributed by atoms with E-state index < -0.39 is 0 Å². The summed E-state index contributed by atoms with van der Waals surface area (Å²) in [4.78, 5) is 0. The predicted octanol–water partition coefficient (Wildman–Crippen LogP) is 3.08. The van der Waals surface area contributed by atoms with Crippen LogP contribution >= 0.6 is 0 Å². The van der Waals surface area contributed by atoms with Crippen LogP contribution in [0.5, 0.6) is 0 Å². The van der Waals surface area contributed by atoms with Gasteiger partial charge in [-0.3, -0.25) is 0 Å². The standard InChI is InChI=1S/C22H42N4/c23-15-10-18-24-16-8-3-1-2-4-9-17-25-19-11-20-26-21-14-22-12-6-5-7-13-22/h5-7,12-13,24-26H,1-4,8-11,14-21,23H2. The molecule has 0 aromatic heterocycles. The van der Waals surface area contributed by atoms with E-state index in [1.807, 2.05) is 0 Å². The Morgan fingerprint density at radius 2 is 1.04 bits per heavy atom. The van der Waals surface area contributed by atoms with Gasteiger partial charge in [-0.25, -0.2) is 0 Å². The highest BCUT2D eigenvalue weighted by atomic mass is 14.9. The Balaban J connectivity index is 1.68. The van der Waals surface area contributed by atoms with Gasteiger partial charge in [0.15, 0.2) is 0 Å². The molecule has 1 aromatic carbocycles. The third kappa shape index (κ3) is 15.3. The maximum absolute atomic E-state index is 5.47. The van der Waals surface area contributed by atoms with Gasteiger partial charge in [-0.05, 0) is 83.5 Å². The second-order valence-electron chi connectivity index (χ2n) is 7.10. The van der Waals surface area contributed by atoms with Gasteiger partial charge < -0.3 is 21.7 Å². The molecule has 0 spiro atoms. The summed E-state index contributed by atoms with van der Waals surface area (Å²) >= 11 is 0. The van der Waals surface area contributed by atoms with Crippen molar-refractivity contribution in [3.63, 3.8) is 0 Å². The van der Waals surface area contributed by atoms with Crippen LogP contribution in [0.15, 0.2) is 30.3 Å². The topological polar surface area (TPSA) is 62.1 Å². The van der Waals surface area contributed by atoms with Gasteiger partial charge in [-0.1, -0.05) is 56.0 Å². The van der Waals surface area contributed by atoms with Crippen molar-refractivity contribution in [1.82, 2.24) is 16.0 Å². The molecule has 0 aliphatic heterocycles.